The molecule has 0 aromatic carbocycles. The molecule has 0 amide bonds. The average Bonchev–Trinajstić information content (AvgIpc) is 2.07. The maximum Gasteiger partial charge on any atom is 0.297 e. The predicted molar refractivity (Wildman–Crippen MR) is 44.8 cm³/mol. The molecule has 11 heavy (non-hydrogen) atoms. The fraction of sp³-hybridized carbons (Fsp3) is 0.250. The van der Waals surface area contributed by atoms with Crippen molar-refractivity contribution in [3.63, 3.8) is 0 Å². The molecular weight excluding hydrogens is 156 g/mol. The molecule has 0 radical (unpaired) electrons. The molecule has 0 bridgehead atoms. The molecule has 0 spiro atoms. The zero-order valence-corrected chi connectivity index (χ0v) is 7.41. The van der Waals surface area contributed by atoms with E-state index in [0.717, 1.165) is 0 Å². The molecular formula is C8H10O2Si. The van der Waals surface area contributed by atoms with Gasteiger partial charge in [0.1, 0.15) is 0 Å². The normalized spacial score (nSPS) is 9.18. The molecule has 0 fully saturated rings. The van der Waals surface area contributed by atoms with Crippen LogP contribution in [0.5, 0.6) is 0 Å². The molecule has 0 aliphatic carbocycles. The van der Waals surface area contributed by atoms with Crippen LogP contribution in [0.25, 0.3) is 0 Å². The van der Waals surface area contributed by atoms with Gasteiger partial charge in [-0.25, -0.2) is 0 Å². The molecule has 0 aliphatic heterocycles. The van der Waals surface area contributed by atoms with Crippen LogP contribution in [-0.2, 0) is 4.74 Å². The highest BCUT2D eigenvalue weighted by molar-refractivity contribution is 6.81. The van der Waals surface area contributed by atoms with Crippen LogP contribution in [0.4, 0.5) is 4.79 Å². The molecule has 1 rings (SSSR count). The van der Waals surface area contributed by atoms with Crippen LogP contribution in [0.1, 0.15) is 6.92 Å². The van der Waals surface area contributed by atoms with Crippen molar-refractivity contribution in [1.29, 1.82) is 0 Å². The van der Waals surface area contributed by atoms with Gasteiger partial charge in [0.15, 0.2) is 8.40 Å². The van der Waals surface area contributed by atoms with Crippen LogP contribution in [0, 0.1) is 0 Å². The Morgan fingerprint density at radius 3 is 2.55 bits per heavy atom. The summed E-state index contributed by atoms with van der Waals surface area (Å²) in [5.41, 5.74) is 3.77. The second-order valence-electron chi connectivity index (χ2n) is 2.09. The molecule has 0 saturated carbocycles. The summed E-state index contributed by atoms with van der Waals surface area (Å²) in [6, 6.07) is 5.70. The zero-order valence-electron chi connectivity index (χ0n) is 6.41. The molecule has 0 aliphatic rings. The van der Waals surface area contributed by atoms with E-state index >= 15 is 0 Å². The SMILES string of the molecule is CCOC(=O)[si]1ccccc1. The Balaban J connectivity index is 2.69. The van der Waals surface area contributed by atoms with Gasteiger partial charge in [-0.2, -0.15) is 0 Å². The number of carbonyl (C=O) groups is 1. The summed E-state index contributed by atoms with van der Waals surface area (Å²) in [5, 5.41) is 0. The van der Waals surface area contributed by atoms with Crippen molar-refractivity contribution in [2.45, 2.75) is 6.92 Å². The lowest BCUT2D eigenvalue weighted by atomic mass is 10.6. The van der Waals surface area contributed by atoms with Gasteiger partial charge >= 0.3 is 0 Å². The first-order chi connectivity index (χ1) is 5.34. The van der Waals surface area contributed by atoms with Crippen molar-refractivity contribution in [1.82, 2.24) is 0 Å². The second-order valence-corrected chi connectivity index (χ2v) is 4.07. The second kappa shape index (κ2) is 4.03. The first kappa shape index (κ1) is 8.14. The van der Waals surface area contributed by atoms with E-state index < -0.39 is 8.40 Å². The number of hydrogen-bond acceptors (Lipinski definition) is 2. The first-order valence-corrected chi connectivity index (χ1v) is 5.22. The van der Waals surface area contributed by atoms with E-state index in [2.05, 4.69) is 0 Å². The Bertz CT molecular complexity index is 233. The molecule has 0 atom stereocenters. The van der Waals surface area contributed by atoms with Crippen LogP contribution in [0.3, 0.4) is 0 Å². The smallest absolute Gasteiger partial charge is 0.297 e. The Morgan fingerprint density at radius 1 is 1.36 bits per heavy atom. The lowest BCUT2D eigenvalue weighted by Gasteiger charge is -1.98. The van der Waals surface area contributed by atoms with Crippen molar-refractivity contribution in [3.05, 3.63) is 29.6 Å². The van der Waals surface area contributed by atoms with Crippen LogP contribution < -0.4 is 0 Å². The van der Waals surface area contributed by atoms with Gasteiger partial charge in [0.2, 0.25) is 0 Å². The fourth-order valence-electron chi connectivity index (χ4n) is 0.789. The third-order valence-corrected chi connectivity index (χ3v) is 3.00. The summed E-state index contributed by atoms with van der Waals surface area (Å²) >= 11 is 0. The monoisotopic (exact) mass is 166 g/mol. The molecule has 1 aromatic rings. The Morgan fingerprint density at radius 2 is 2.00 bits per heavy atom. The summed E-state index contributed by atoms with van der Waals surface area (Å²) in [6.45, 7) is 2.29. The third-order valence-electron chi connectivity index (χ3n) is 1.28. The molecule has 0 unspecified atom stereocenters. The van der Waals surface area contributed by atoms with Gasteiger partial charge in [0.25, 0.3) is 5.59 Å². The Hall–Kier alpha value is -0.963. The summed E-state index contributed by atoms with van der Waals surface area (Å²) in [7, 11) is -1.14. The largest absolute Gasteiger partial charge is 0.467 e. The van der Waals surface area contributed by atoms with Gasteiger partial charge in [-0.3, -0.25) is 4.79 Å². The van der Waals surface area contributed by atoms with Gasteiger partial charge in [-0.05, 0) is 6.92 Å². The van der Waals surface area contributed by atoms with Crippen LogP contribution >= 0.6 is 0 Å². The topological polar surface area (TPSA) is 26.3 Å². The summed E-state index contributed by atoms with van der Waals surface area (Å²) in [6.07, 6.45) is 0. The lowest BCUT2D eigenvalue weighted by Crippen LogP contribution is -2.13. The maximum absolute atomic E-state index is 11.1. The van der Waals surface area contributed by atoms with E-state index in [1.807, 2.05) is 36.5 Å². The van der Waals surface area contributed by atoms with Gasteiger partial charge in [0.05, 0.1) is 6.61 Å². The van der Waals surface area contributed by atoms with Gasteiger partial charge in [0, 0.05) is 0 Å². The van der Waals surface area contributed by atoms with E-state index in [0.29, 0.717) is 6.61 Å². The Labute approximate surface area is 67.3 Å². The third kappa shape index (κ3) is 2.27. The van der Waals surface area contributed by atoms with Crippen LogP contribution in [-0.4, -0.2) is 20.6 Å². The lowest BCUT2D eigenvalue weighted by molar-refractivity contribution is 0.179. The minimum absolute atomic E-state index is 0.0712. The van der Waals surface area contributed by atoms with Crippen molar-refractivity contribution in [2.24, 2.45) is 0 Å². The molecule has 1 heterocycles. The van der Waals surface area contributed by atoms with E-state index in [4.69, 9.17) is 4.74 Å². The summed E-state index contributed by atoms with van der Waals surface area (Å²) in [4.78, 5) is 11.1. The van der Waals surface area contributed by atoms with Gasteiger partial charge in [-0.1, -0.05) is 29.6 Å². The number of hydrogen-bond donors (Lipinski definition) is 0. The molecule has 58 valence electrons. The molecule has 2 nitrogen and oxygen atoms in total. The quantitative estimate of drug-likeness (QED) is 0.625. The van der Waals surface area contributed by atoms with Crippen LogP contribution in [0.2, 0.25) is 0 Å². The average molecular weight is 166 g/mol. The zero-order chi connectivity index (χ0) is 8.10. The first-order valence-electron chi connectivity index (χ1n) is 3.56. The number of ether oxygens (including phenoxy) is 1. The summed E-state index contributed by atoms with van der Waals surface area (Å²) < 4.78 is 4.87. The molecule has 1 aromatic heterocycles. The van der Waals surface area contributed by atoms with E-state index in [1.54, 1.807) is 0 Å². The standard InChI is InChI=1S/C8H10O2Si/c1-2-10-8(9)11-6-4-3-5-7-11/h3-7H,2H2,1H3. The van der Waals surface area contributed by atoms with E-state index in [1.165, 1.54) is 0 Å². The van der Waals surface area contributed by atoms with Crippen molar-refractivity contribution in [3.8, 4) is 0 Å². The number of rotatable bonds is 2. The van der Waals surface area contributed by atoms with E-state index in [-0.39, 0.29) is 5.59 Å². The fourth-order valence-corrected chi connectivity index (χ4v) is 2.12. The molecule has 0 N–H and O–H groups in total. The van der Waals surface area contributed by atoms with Gasteiger partial charge < -0.3 is 4.74 Å². The minimum atomic E-state index is -1.14. The highest BCUT2D eigenvalue weighted by Crippen LogP contribution is 1.89. The van der Waals surface area contributed by atoms with E-state index in [9.17, 15) is 4.79 Å². The van der Waals surface area contributed by atoms with Crippen molar-refractivity contribution >= 4 is 14.0 Å². The van der Waals surface area contributed by atoms with Crippen LogP contribution in [0.15, 0.2) is 29.6 Å². The van der Waals surface area contributed by atoms with Crippen molar-refractivity contribution < 1.29 is 9.53 Å². The maximum atomic E-state index is 11.1. The number of carbonyl (C=O) groups excluding carboxylic acids is 1. The van der Waals surface area contributed by atoms with Crippen molar-refractivity contribution in [2.75, 3.05) is 6.61 Å². The summed E-state index contributed by atoms with van der Waals surface area (Å²) in [5.74, 6) is 0. The highest BCUT2D eigenvalue weighted by Gasteiger charge is 2.03. The van der Waals surface area contributed by atoms with Gasteiger partial charge in [-0.15, -0.1) is 0 Å². The molecule has 3 heteroatoms. The predicted octanol–water partition coefficient (Wildman–Crippen LogP) is 1.72. The Kier molecular flexibility index (Phi) is 2.98. The molecule has 0 saturated heterocycles. The highest BCUT2D eigenvalue weighted by atomic mass is 28.2. The minimum Gasteiger partial charge on any atom is -0.467 e.